The van der Waals surface area contributed by atoms with Gasteiger partial charge >= 0.3 is 5.97 Å². The molecular weight excluding hydrogens is 580 g/mol. The minimum absolute atomic E-state index is 0.0732. The normalized spacial score (nSPS) is 19.7. The number of benzene rings is 3. The van der Waals surface area contributed by atoms with E-state index in [2.05, 4.69) is 10.3 Å². The van der Waals surface area contributed by atoms with Gasteiger partial charge in [0.25, 0.3) is 5.91 Å². The summed E-state index contributed by atoms with van der Waals surface area (Å²) in [6.07, 6.45) is -0.0151. The molecule has 44 heavy (non-hydrogen) atoms. The fourth-order valence-corrected chi connectivity index (χ4v) is 6.14. The summed E-state index contributed by atoms with van der Waals surface area (Å²) in [4.78, 5) is 41.0. The number of aromatic nitrogens is 1. The molecule has 1 saturated heterocycles. The van der Waals surface area contributed by atoms with Crippen molar-refractivity contribution in [3.63, 3.8) is 0 Å². The Labute approximate surface area is 259 Å². The first-order valence-electron chi connectivity index (χ1n) is 14.1. The zero-order chi connectivity index (χ0) is 31.2. The molecule has 0 bridgehead atoms. The van der Waals surface area contributed by atoms with Crippen molar-refractivity contribution < 1.29 is 34.1 Å². The minimum atomic E-state index is -1.05. The van der Waals surface area contributed by atoms with Gasteiger partial charge in [0, 0.05) is 40.2 Å². The average Bonchev–Trinajstić information content (AvgIpc) is 3.04. The molecule has 226 valence electrons. The van der Waals surface area contributed by atoms with Gasteiger partial charge in [-0.15, -0.1) is 11.8 Å². The molecular formula is C34H32N2O7S. The van der Waals surface area contributed by atoms with Crippen molar-refractivity contribution in [2.75, 3.05) is 11.1 Å². The van der Waals surface area contributed by atoms with E-state index in [0.29, 0.717) is 33.2 Å². The molecule has 1 aliphatic heterocycles. The van der Waals surface area contributed by atoms with Crippen LogP contribution in [0.5, 0.6) is 0 Å². The maximum Gasteiger partial charge on any atom is 0.338 e. The number of rotatable bonds is 10. The molecule has 5 rings (SSSR count). The average molecular weight is 613 g/mol. The lowest BCUT2D eigenvalue weighted by Crippen LogP contribution is -2.38. The number of hydrogen-bond acceptors (Lipinski definition) is 8. The van der Waals surface area contributed by atoms with Crippen LogP contribution in [-0.2, 0) is 16.1 Å². The predicted octanol–water partition coefficient (Wildman–Crippen LogP) is 6.31. The summed E-state index contributed by atoms with van der Waals surface area (Å²) in [7, 11) is 0. The molecule has 1 amide bonds. The van der Waals surface area contributed by atoms with Crippen LogP contribution in [0.15, 0.2) is 96.2 Å². The van der Waals surface area contributed by atoms with Crippen LogP contribution in [0.2, 0.25) is 0 Å². The maximum absolute atomic E-state index is 13.2. The largest absolute Gasteiger partial charge is 0.478 e. The Bertz CT molecular complexity index is 1660. The van der Waals surface area contributed by atoms with E-state index >= 15 is 0 Å². The standard InChI is InChI=1S/C34H32N2O7S/c1-20-29(19-44-32-28(33(40)41)10-5-15-35-32)42-34(43-30(20)23-13-11-22(18-37)12-14-23)26-8-3-7-25(16-26)31(39)36-27-9-4-6-24(17-27)21(2)38/h3-17,20,29-30,34,37H,18-19H2,1-2H3,(H,36,39)(H,40,41). The van der Waals surface area contributed by atoms with Crippen LogP contribution in [0.3, 0.4) is 0 Å². The molecule has 1 aliphatic rings. The monoisotopic (exact) mass is 612 g/mol. The number of carboxylic acid groups (broad SMARTS) is 1. The number of ketones is 1. The summed E-state index contributed by atoms with van der Waals surface area (Å²) in [5.41, 5.74) is 3.83. The number of carbonyl (C=O) groups is 3. The van der Waals surface area contributed by atoms with Crippen LogP contribution >= 0.6 is 11.8 Å². The molecule has 4 atom stereocenters. The number of amides is 1. The number of thioether (sulfide) groups is 1. The maximum atomic E-state index is 13.2. The molecule has 9 nitrogen and oxygen atoms in total. The van der Waals surface area contributed by atoms with E-state index in [1.165, 1.54) is 24.8 Å². The van der Waals surface area contributed by atoms with Crippen LogP contribution in [0.4, 0.5) is 5.69 Å². The fourth-order valence-electron chi connectivity index (χ4n) is 4.99. The number of aliphatic hydroxyl groups is 1. The molecule has 3 aromatic carbocycles. The number of nitrogens with zero attached hydrogens (tertiary/aromatic N) is 1. The number of nitrogens with one attached hydrogen (secondary N) is 1. The number of hydrogen-bond donors (Lipinski definition) is 3. The van der Waals surface area contributed by atoms with Crippen molar-refractivity contribution in [2.24, 2.45) is 5.92 Å². The summed E-state index contributed by atoms with van der Waals surface area (Å²) >= 11 is 1.30. The molecule has 1 aromatic heterocycles. The second-order valence-corrected chi connectivity index (χ2v) is 11.5. The van der Waals surface area contributed by atoms with Gasteiger partial charge in [-0.05, 0) is 54.4 Å². The third kappa shape index (κ3) is 7.23. The molecule has 3 N–H and O–H groups in total. The molecule has 10 heteroatoms. The Morgan fingerprint density at radius 2 is 1.66 bits per heavy atom. The number of carboxylic acids is 1. The SMILES string of the molecule is CC(=O)c1cccc(NC(=O)c2cccc(C3OC(CSc4ncccc4C(=O)O)C(C)C(c4ccc(CO)cc4)O3)c2)c1. The third-order valence-corrected chi connectivity index (χ3v) is 8.55. The highest BCUT2D eigenvalue weighted by molar-refractivity contribution is 7.99. The smallest absolute Gasteiger partial charge is 0.338 e. The summed E-state index contributed by atoms with van der Waals surface area (Å²) in [5.74, 6) is -1.22. The van der Waals surface area contributed by atoms with Gasteiger partial charge in [0.1, 0.15) is 5.03 Å². The van der Waals surface area contributed by atoms with Crippen molar-refractivity contribution >= 4 is 35.1 Å². The lowest BCUT2D eigenvalue weighted by Gasteiger charge is -2.41. The first-order valence-corrected chi connectivity index (χ1v) is 15.1. The number of carbonyl (C=O) groups excluding carboxylic acids is 2. The zero-order valence-electron chi connectivity index (χ0n) is 24.2. The Morgan fingerprint density at radius 1 is 0.909 bits per heavy atom. The van der Waals surface area contributed by atoms with Crippen molar-refractivity contribution in [1.82, 2.24) is 4.98 Å². The van der Waals surface area contributed by atoms with E-state index in [1.807, 2.05) is 37.3 Å². The minimum Gasteiger partial charge on any atom is -0.478 e. The number of ether oxygens (including phenoxy) is 2. The highest BCUT2D eigenvalue weighted by Gasteiger charge is 2.38. The summed E-state index contributed by atoms with van der Waals surface area (Å²) in [5, 5.41) is 22.4. The van der Waals surface area contributed by atoms with Gasteiger partial charge in [0.05, 0.1) is 24.4 Å². The van der Waals surface area contributed by atoms with Gasteiger partial charge < -0.3 is 25.0 Å². The van der Waals surface area contributed by atoms with Crippen LogP contribution in [0.25, 0.3) is 0 Å². The van der Waals surface area contributed by atoms with E-state index in [0.717, 1.165) is 11.1 Å². The molecule has 1 fully saturated rings. The molecule has 0 spiro atoms. The molecule has 2 heterocycles. The molecule has 4 unspecified atom stereocenters. The zero-order valence-corrected chi connectivity index (χ0v) is 25.0. The topological polar surface area (TPSA) is 135 Å². The number of anilines is 1. The highest BCUT2D eigenvalue weighted by Crippen LogP contribution is 2.43. The number of aliphatic hydroxyl groups excluding tert-OH is 1. The number of pyridine rings is 1. The first kappa shape index (κ1) is 31.1. The van der Waals surface area contributed by atoms with Gasteiger partial charge in [-0.3, -0.25) is 9.59 Å². The van der Waals surface area contributed by atoms with E-state index < -0.39 is 12.3 Å². The Hall–Kier alpha value is -4.35. The Balaban J connectivity index is 1.40. The van der Waals surface area contributed by atoms with E-state index in [4.69, 9.17) is 9.47 Å². The van der Waals surface area contributed by atoms with Gasteiger partial charge in [0.2, 0.25) is 0 Å². The van der Waals surface area contributed by atoms with Crippen molar-refractivity contribution in [1.29, 1.82) is 0 Å². The van der Waals surface area contributed by atoms with Crippen LogP contribution in [0, 0.1) is 5.92 Å². The molecule has 0 radical (unpaired) electrons. The van der Waals surface area contributed by atoms with Crippen molar-refractivity contribution in [3.8, 4) is 0 Å². The van der Waals surface area contributed by atoms with Crippen LogP contribution < -0.4 is 5.32 Å². The van der Waals surface area contributed by atoms with Crippen LogP contribution in [-0.4, -0.2) is 44.7 Å². The number of aromatic carboxylic acids is 1. The van der Waals surface area contributed by atoms with Crippen molar-refractivity contribution in [2.45, 2.75) is 44.0 Å². The van der Waals surface area contributed by atoms with Gasteiger partial charge in [-0.25, -0.2) is 9.78 Å². The van der Waals surface area contributed by atoms with Crippen LogP contribution in [0.1, 0.15) is 74.0 Å². The predicted molar refractivity (Wildman–Crippen MR) is 166 cm³/mol. The Kier molecular flexibility index (Phi) is 9.86. The van der Waals surface area contributed by atoms with Crippen molar-refractivity contribution in [3.05, 3.63) is 125 Å². The second kappa shape index (κ2) is 14.0. The van der Waals surface area contributed by atoms with E-state index in [-0.39, 0.29) is 42.0 Å². The number of Topliss-reactive ketones (excluding diaryl/α,β-unsaturated/α-hetero) is 1. The van der Waals surface area contributed by atoms with E-state index in [9.17, 15) is 24.6 Å². The Morgan fingerprint density at radius 3 is 2.39 bits per heavy atom. The molecule has 4 aromatic rings. The molecule has 0 saturated carbocycles. The second-order valence-electron chi connectivity index (χ2n) is 10.5. The third-order valence-electron chi connectivity index (χ3n) is 7.46. The fraction of sp³-hybridized carbons (Fsp3) is 0.235. The van der Waals surface area contributed by atoms with Gasteiger partial charge in [-0.2, -0.15) is 0 Å². The first-order chi connectivity index (χ1) is 21.2. The summed E-state index contributed by atoms with van der Waals surface area (Å²) in [6.45, 7) is 3.41. The highest BCUT2D eigenvalue weighted by atomic mass is 32.2. The lowest BCUT2D eigenvalue weighted by molar-refractivity contribution is -0.268. The van der Waals surface area contributed by atoms with Gasteiger partial charge in [0.15, 0.2) is 12.1 Å². The van der Waals surface area contributed by atoms with E-state index in [1.54, 1.807) is 54.7 Å². The van der Waals surface area contributed by atoms with Gasteiger partial charge in [-0.1, -0.05) is 55.5 Å². The molecule has 0 aliphatic carbocycles. The lowest BCUT2D eigenvalue weighted by atomic mass is 9.91. The summed E-state index contributed by atoms with van der Waals surface area (Å²) < 4.78 is 13.0. The summed E-state index contributed by atoms with van der Waals surface area (Å²) in [6, 6.07) is 24.4. The quantitative estimate of drug-likeness (QED) is 0.139.